The van der Waals surface area contributed by atoms with Gasteiger partial charge < -0.3 is 14.9 Å². The van der Waals surface area contributed by atoms with E-state index in [1.165, 1.54) is 53.2 Å². The number of carbonyl (C=O) groups is 1. The second-order valence-corrected chi connectivity index (χ2v) is 7.57. The van der Waals surface area contributed by atoms with Crippen molar-refractivity contribution < 1.29 is 22.4 Å². The fraction of sp³-hybridized carbons (Fsp3) is 0.0833. The van der Waals surface area contributed by atoms with Crippen LogP contribution in [-0.4, -0.2) is 20.4 Å². The van der Waals surface area contributed by atoms with Gasteiger partial charge in [0.05, 0.1) is 23.0 Å². The lowest BCUT2D eigenvalue weighted by Gasteiger charge is -2.16. The summed E-state index contributed by atoms with van der Waals surface area (Å²) in [5, 5.41) is 4.05. The van der Waals surface area contributed by atoms with Crippen LogP contribution in [0.2, 0.25) is 0 Å². The number of H-pyrrole nitrogens is 1. The summed E-state index contributed by atoms with van der Waals surface area (Å²) in [6.07, 6.45) is -1.37. The van der Waals surface area contributed by atoms with Crippen LogP contribution in [0.4, 0.5) is 23.2 Å². The zero-order valence-corrected chi connectivity index (χ0v) is 16.9. The number of anilines is 1. The maximum Gasteiger partial charge on any atom is 0.416 e. The number of carbonyl (C=O) groups excluding carboxylic acids is 1. The zero-order valence-electron chi connectivity index (χ0n) is 16.9. The van der Waals surface area contributed by atoms with Crippen LogP contribution in [0.15, 0.2) is 73.1 Å². The van der Waals surface area contributed by atoms with Crippen LogP contribution < -0.4 is 5.32 Å². The molecule has 0 aliphatic rings. The van der Waals surface area contributed by atoms with Crippen molar-refractivity contribution in [3.63, 3.8) is 0 Å². The minimum absolute atomic E-state index is 0.0313. The normalized spacial score (nSPS) is 11.9. The highest BCUT2D eigenvalue weighted by Crippen LogP contribution is 2.33. The average molecular weight is 452 g/mol. The highest BCUT2D eigenvalue weighted by Gasteiger charge is 2.33. The van der Waals surface area contributed by atoms with Crippen LogP contribution >= 0.6 is 0 Å². The van der Waals surface area contributed by atoms with E-state index in [9.17, 15) is 22.4 Å². The maximum atomic E-state index is 14.0. The van der Waals surface area contributed by atoms with E-state index in [4.69, 9.17) is 0 Å². The van der Waals surface area contributed by atoms with Crippen molar-refractivity contribution in [1.82, 2.24) is 14.5 Å². The van der Waals surface area contributed by atoms with Gasteiger partial charge in [-0.3, -0.25) is 4.79 Å². The maximum absolute atomic E-state index is 14.0. The standard InChI is InChI=1S/C24H16F4N4O/c25-17-6-5-14-10-21(23(33)31-18-9-15-7-8-29-22(15)30-12-18)32(20(14)11-17)13-16-3-1-2-4-19(16)24(26,27)28/h1-12H,13H2,(H,29,30)(H,31,33). The predicted molar refractivity (Wildman–Crippen MR) is 116 cm³/mol. The molecule has 3 heterocycles. The van der Waals surface area contributed by atoms with Crippen molar-refractivity contribution in [3.05, 3.63) is 95.7 Å². The number of hydrogen-bond acceptors (Lipinski definition) is 2. The number of amides is 1. The second kappa shape index (κ2) is 7.77. The Morgan fingerprint density at radius 2 is 1.85 bits per heavy atom. The SMILES string of the molecule is O=C(Nc1cnc2[nH]ccc2c1)c1cc2ccc(F)cc2n1Cc1ccccc1C(F)(F)F. The molecule has 0 aliphatic carbocycles. The Morgan fingerprint density at radius 1 is 1.03 bits per heavy atom. The molecule has 0 radical (unpaired) electrons. The average Bonchev–Trinajstić information content (AvgIpc) is 3.38. The molecule has 0 bridgehead atoms. The van der Waals surface area contributed by atoms with Crippen LogP contribution in [0.25, 0.3) is 21.9 Å². The number of fused-ring (bicyclic) bond motifs is 2. The van der Waals surface area contributed by atoms with Gasteiger partial charge in [-0.15, -0.1) is 0 Å². The highest BCUT2D eigenvalue weighted by atomic mass is 19.4. The quantitative estimate of drug-likeness (QED) is 0.330. The largest absolute Gasteiger partial charge is 0.416 e. The first-order valence-electron chi connectivity index (χ1n) is 9.98. The van der Waals surface area contributed by atoms with Gasteiger partial charge in [-0.2, -0.15) is 13.2 Å². The van der Waals surface area contributed by atoms with Crippen LogP contribution in [0.5, 0.6) is 0 Å². The number of aromatic amines is 1. The molecule has 1 amide bonds. The summed E-state index contributed by atoms with van der Waals surface area (Å²) in [4.78, 5) is 20.3. The zero-order chi connectivity index (χ0) is 23.2. The van der Waals surface area contributed by atoms with Crippen molar-refractivity contribution in [2.24, 2.45) is 0 Å². The van der Waals surface area contributed by atoms with Crippen LogP contribution in [0.3, 0.4) is 0 Å². The molecule has 2 aromatic carbocycles. The molecule has 5 rings (SSSR count). The van der Waals surface area contributed by atoms with Crippen molar-refractivity contribution in [1.29, 1.82) is 0 Å². The van der Waals surface area contributed by atoms with Gasteiger partial charge in [0.1, 0.15) is 17.2 Å². The van der Waals surface area contributed by atoms with E-state index < -0.39 is 23.5 Å². The summed E-state index contributed by atoms with van der Waals surface area (Å²) < 4.78 is 56.0. The minimum Gasteiger partial charge on any atom is -0.346 e. The minimum atomic E-state index is -4.56. The molecule has 3 aromatic heterocycles. The van der Waals surface area contributed by atoms with E-state index in [2.05, 4.69) is 15.3 Å². The predicted octanol–water partition coefficient (Wildman–Crippen LogP) is 5.98. The summed E-state index contributed by atoms with van der Waals surface area (Å²) in [5.41, 5.74) is 0.651. The number of benzene rings is 2. The summed E-state index contributed by atoms with van der Waals surface area (Å²) in [7, 11) is 0. The Kier molecular flexibility index (Phi) is 4.88. The first kappa shape index (κ1) is 20.7. The first-order chi connectivity index (χ1) is 15.8. The monoisotopic (exact) mass is 452 g/mol. The van der Waals surface area contributed by atoms with E-state index in [0.29, 0.717) is 22.2 Å². The van der Waals surface area contributed by atoms with Gasteiger partial charge in [0.15, 0.2) is 0 Å². The summed E-state index contributed by atoms with van der Waals surface area (Å²) in [6.45, 7) is -0.263. The molecular formula is C24H16F4N4O. The number of nitrogens with one attached hydrogen (secondary N) is 2. The molecule has 0 aliphatic heterocycles. The van der Waals surface area contributed by atoms with E-state index in [0.717, 1.165) is 11.5 Å². The Labute approximate surface area is 184 Å². The molecule has 0 spiro atoms. The van der Waals surface area contributed by atoms with Crippen molar-refractivity contribution >= 4 is 33.5 Å². The molecule has 166 valence electrons. The van der Waals surface area contributed by atoms with Crippen LogP contribution in [0.1, 0.15) is 21.6 Å². The van der Waals surface area contributed by atoms with E-state index in [-0.39, 0.29) is 17.8 Å². The molecule has 2 N–H and O–H groups in total. The fourth-order valence-corrected chi connectivity index (χ4v) is 3.89. The lowest BCUT2D eigenvalue weighted by Crippen LogP contribution is -2.19. The topological polar surface area (TPSA) is 62.7 Å². The third-order valence-electron chi connectivity index (χ3n) is 5.41. The third kappa shape index (κ3) is 3.93. The van der Waals surface area contributed by atoms with Crippen molar-refractivity contribution in [3.8, 4) is 0 Å². The molecule has 9 heteroatoms. The molecule has 0 saturated heterocycles. The Bertz CT molecular complexity index is 1500. The Balaban J connectivity index is 1.58. The number of hydrogen-bond donors (Lipinski definition) is 2. The van der Waals surface area contributed by atoms with E-state index in [1.54, 1.807) is 18.3 Å². The first-order valence-corrected chi connectivity index (χ1v) is 9.98. The smallest absolute Gasteiger partial charge is 0.346 e. The lowest BCUT2D eigenvalue weighted by atomic mass is 10.1. The number of alkyl halides is 3. The van der Waals surface area contributed by atoms with E-state index in [1.807, 2.05) is 0 Å². The molecule has 5 aromatic rings. The molecular weight excluding hydrogens is 436 g/mol. The van der Waals surface area contributed by atoms with Gasteiger partial charge in [-0.25, -0.2) is 9.37 Å². The summed E-state index contributed by atoms with van der Waals surface area (Å²) in [5.74, 6) is -1.10. The molecule has 0 saturated carbocycles. The Hall–Kier alpha value is -4.14. The third-order valence-corrected chi connectivity index (χ3v) is 5.41. The van der Waals surface area contributed by atoms with Crippen molar-refractivity contribution in [2.75, 3.05) is 5.32 Å². The van der Waals surface area contributed by atoms with Crippen molar-refractivity contribution in [2.45, 2.75) is 12.7 Å². The molecule has 33 heavy (non-hydrogen) atoms. The van der Waals surface area contributed by atoms with Crippen LogP contribution in [0, 0.1) is 5.82 Å². The van der Waals surface area contributed by atoms with Crippen LogP contribution in [-0.2, 0) is 12.7 Å². The highest BCUT2D eigenvalue weighted by molar-refractivity contribution is 6.07. The number of aromatic nitrogens is 3. The van der Waals surface area contributed by atoms with E-state index >= 15 is 0 Å². The Morgan fingerprint density at radius 3 is 2.67 bits per heavy atom. The van der Waals surface area contributed by atoms with Gasteiger partial charge in [0.2, 0.25) is 0 Å². The number of rotatable bonds is 4. The van der Waals surface area contributed by atoms with Gasteiger partial charge >= 0.3 is 6.18 Å². The molecule has 5 nitrogen and oxygen atoms in total. The number of halogens is 4. The number of nitrogens with zero attached hydrogens (tertiary/aromatic N) is 2. The fourth-order valence-electron chi connectivity index (χ4n) is 3.89. The molecule has 0 atom stereocenters. The van der Waals surface area contributed by atoms with Gasteiger partial charge in [0, 0.05) is 23.5 Å². The van der Waals surface area contributed by atoms with Gasteiger partial charge in [0.25, 0.3) is 5.91 Å². The summed E-state index contributed by atoms with van der Waals surface area (Å²) in [6, 6.07) is 14.1. The lowest BCUT2D eigenvalue weighted by molar-refractivity contribution is -0.138. The molecule has 0 fully saturated rings. The van der Waals surface area contributed by atoms with Gasteiger partial charge in [-0.05, 0) is 48.0 Å². The summed E-state index contributed by atoms with van der Waals surface area (Å²) >= 11 is 0. The van der Waals surface area contributed by atoms with Gasteiger partial charge in [-0.1, -0.05) is 18.2 Å². The molecule has 0 unspecified atom stereocenters. The second-order valence-electron chi connectivity index (χ2n) is 7.57. The number of pyridine rings is 1.